The van der Waals surface area contributed by atoms with Crippen LogP contribution in [0.15, 0.2) is 36.8 Å². The normalized spacial score (nSPS) is 20.8. The molecule has 3 heterocycles. The second-order valence-corrected chi connectivity index (χ2v) is 9.38. The molecule has 1 aliphatic carbocycles. The molecule has 36 heavy (non-hydrogen) atoms. The number of aliphatic hydroxyl groups is 1. The number of fused-ring (bicyclic) bond motifs is 1. The average molecular weight is 522 g/mol. The van der Waals surface area contributed by atoms with Gasteiger partial charge in [-0.1, -0.05) is 18.5 Å². The van der Waals surface area contributed by atoms with Gasteiger partial charge in [-0.15, -0.1) is 0 Å². The third kappa shape index (κ3) is 4.46. The first kappa shape index (κ1) is 21.1. The van der Waals surface area contributed by atoms with Crippen LogP contribution in [0, 0.1) is 12.7 Å². The van der Waals surface area contributed by atoms with Gasteiger partial charge in [0.2, 0.25) is 0 Å². The van der Waals surface area contributed by atoms with Crippen molar-refractivity contribution < 1.29 is 27.1 Å². The van der Waals surface area contributed by atoms with Crippen molar-refractivity contribution in [2.45, 2.75) is 64.1 Å². The predicted octanol–water partition coefficient (Wildman–Crippen LogP) is 6.76. The monoisotopic (exact) mass is 521 g/mol. The molecule has 4 aromatic rings. The molecule has 0 unspecified atom stereocenters. The van der Waals surface area contributed by atoms with Crippen LogP contribution < -0.4 is 4.74 Å². The standard InChI is InChI=1S/C26H26ClF3N4O2/c1-13(23-22(36-26(29)30)8-7-21(28)24(23)27)19-11-32-25-18(19)9-15(10-31-25)20-12-33-34(14(20)2)16-3-5-17(35)6-4-16/h7-13,16-17,26,35H,3-6H2,1-2H3,(H,31,32)/t13-,16-,17-/m0/s1/i1D3. The summed E-state index contributed by atoms with van der Waals surface area (Å²) in [5, 5.41) is 14.2. The number of aromatic nitrogens is 4. The van der Waals surface area contributed by atoms with E-state index < -0.39 is 41.5 Å². The van der Waals surface area contributed by atoms with Crippen LogP contribution in [0.3, 0.4) is 0 Å². The van der Waals surface area contributed by atoms with Gasteiger partial charge in [-0.2, -0.15) is 13.9 Å². The minimum Gasteiger partial charge on any atom is -0.434 e. The van der Waals surface area contributed by atoms with Gasteiger partial charge in [0.05, 0.1) is 23.4 Å². The Kier molecular flexibility index (Phi) is 5.73. The van der Waals surface area contributed by atoms with E-state index in [2.05, 4.69) is 19.8 Å². The van der Waals surface area contributed by atoms with Crippen LogP contribution in [0.5, 0.6) is 5.75 Å². The SMILES string of the molecule is [2H]C([2H])([2H])[C@H](c1c(OC(F)F)ccc(F)c1Cl)c1c[nH]c2ncc(-c3cnn([C@H]4CC[C@H](O)CC4)c3C)cc12. The molecule has 1 aromatic carbocycles. The lowest BCUT2D eigenvalue weighted by Crippen LogP contribution is -2.22. The lowest BCUT2D eigenvalue weighted by molar-refractivity contribution is -0.0505. The molecule has 0 radical (unpaired) electrons. The number of pyridine rings is 1. The second kappa shape index (κ2) is 9.78. The highest BCUT2D eigenvalue weighted by Crippen LogP contribution is 2.42. The number of ether oxygens (including phenoxy) is 1. The molecule has 190 valence electrons. The Morgan fingerprint density at radius 2 is 2.03 bits per heavy atom. The fourth-order valence-electron chi connectivity index (χ4n) is 4.96. The van der Waals surface area contributed by atoms with Gasteiger partial charge in [0.15, 0.2) is 0 Å². The highest BCUT2D eigenvalue weighted by atomic mass is 35.5. The third-order valence-electron chi connectivity index (χ3n) is 6.84. The Labute approximate surface area is 215 Å². The van der Waals surface area contributed by atoms with Gasteiger partial charge in [0.1, 0.15) is 17.2 Å². The molecule has 6 nitrogen and oxygen atoms in total. The number of hydrogen-bond donors (Lipinski definition) is 2. The lowest BCUT2D eigenvalue weighted by atomic mass is 9.91. The average Bonchev–Trinajstić information content (AvgIpc) is 3.46. The fourth-order valence-corrected chi connectivity index (χ4v) is 5.22. The first-order valence-corrected chi connectivity index (χ1v) is 12.0. The van der Waals surface area contributed by atoms with Crippen LogP contribution >= 0.6 is 11.6 Å². The van der Waals surface area contributed by atoms with Crippen LogP contribution in [0.25, 0.3) is 22.2 Å². The van der Waals surface area contributed by atoms with Crippen LogP contribution in [-0.2, 0) is 0 Å². The van der Waals surface area contributed by atoms with E-state index in [1.807, 2.05) is 11.6 Å². The number of rotatable bonds is 6. The molecule has 0 aliphatic heterocycles. The highest BCUT2D eigenvalue weighted by Gasteiger charge is 2.26. The minimum atomic E-state index is -3.27. The van der Waals surface area contributed by atoms with Gasteiger partial charge in [-0.05, 0) is 56.4 Å². The third-order valence-corrected chi connectivity index (χ3v) is 7.22. The van der Waals surface area contributed by atoms with Crippen molar-refractivity contribution in [3.05, 3.63) is 64.5 Å². The predicted molar refractivity (Wildman–Crippen MR) is 131 cm³/mol. The number of aliphatic hydroxyl groups excluding tert-OH is 1. The smallest absolute Gasteiger partial charge is 0.387 e. The molecule has 0 saturated heterocycles. The second-order valence-electron chi connectivity index (χ2n) is 9.00. The maximum absolute atomic E-state index is 14.5. The van der Waals surface area contributed by atoms with Crippen LogP contribution in [0.1, 0.15) is 65.4 Å². The van der Waals surface area contributed by atoms with E-state index in [1.165, 1.54) is 6.20 Å². The van der Waals surface area contributed by atoms with E-state index in [4.69, 9.17) is 15.7 Å². The molecular weight excluding hydrogens is 493 g/mol. The summed E-state index contributed by atoms with van der Waals surface area (Å²) in [6.45, 7) is -4.15. The lowest BCUT2D eigenvalue weighted by Gasteiger charge is -2.26. The number of alkyl halides is 2. The zero-order chi connectivity index (χ0) is 28.1. The number of nitrogens with zero attached hydrogens (tertiary/aromatic N) is 3. The van der Waals surface area contributed by atoms with Gasteiger partial charge in [0.25, 0.3) is 0 Å². The fraction of sp³-hybridized carbons (Fsp3) is 0.385. The Balaban J connectivity index is 1.62. The molecule has 1 saturated carbocycles. The van der Waals surface area contributed by atoms with Crippen molar-refractivity contribution >= 4 is 22.6 Å². The van der Waals surface area contributed by atoms with Crippen LogP contribution in [-0.4, -0.2) is 37.6 Å². The summed E-state index contributed by atoms with van der Waals surface area (Å²) in [6, 6.07) is 3.70. The van der Waals surface area contributed by atoms with Gasteiger partial charge >= 0.3 is 6.61 Å². The minimum absolute atomic E-state index is 0.157. The molecule has 3 aromatic heterocycles. The Bertz CT molecular complexity index is 1500. The van der Waals surface area contributed by atoms with Crippen molar-refractivity contribution in [3.63, 3.8) is 0 Å². The van der Waals surface area contributed by atoms with Gasteiger partial charge in [-0.3, -0.25) is 4.68 Å². The van der Waals surface area contributed by atoms with Gasteiger partial charge in [-0.25, -0.2) is 9.37 Å². The Morgan fingerprint density at radius 3 is 2.75 bits per heavy atom. The maximum atomic E-state index is 14.5. The summed E-state index contributed by atoms with van der Waals surface area (Å²) < 4.78 is 72.1. The summed E-state index contributed by atoms with van der Waals surface area (Å²) in [4.78, 5) is 7.38. The summed E-state index contributed by atoms with van der Waals surface area (Å²) in [7, 11) is 0. The summed E-state index contributed by atoms with van der Waals surface area (Å²) in [6.07, 6.45) is 7.49. The maximum Gasteiger partial charge on any atom is 0.387 e. The van der Waals surface area contributed by atoms with E-state index in [-0.39, 0.29) is 17.7 Å². The first-order chi connectivity index (χ1) is 18.5. The van der Waals surface area contributed by atoms with Gasteiger partial charge < -0.3 is 14.8 Å². The highest BCUT2D eigenvalue weighted by molar-refractivity contribution is 6.31. The number of benzene rings is 1. The molecule has 0 bridgehead atoms. The van der Waals surface area contributed by atoms with E-state index in [9.17, 15) is 18.3 Å². The van der Waals surface area contributed by atoms with Crippen molar-refractivity contribution in [3.8, 4) is 16.9 Å². The molecular formula is C26H26ClF3N4O2. The Hall–Kier alpha value is -3.04. The van der Waals surface area contributed by atoms with E-state index in [0.29, 0.717) is 29.4 Å². The van der Waals surface area contributed by atoms with Crippen LogP contribution in [0.4, 0.5) is 13.2 Å². The first-order valence-electron chi connectivity index (χ1n) is 13.1. The largest absolute Gasteiger partial charge is 0.434 e. The number of aromatic amines is 1. The van der Waals surface area contributed by atoms with E-state index in [0.717, 1.165) is 36.2 Å². The molecule has 0 spiro atoms. The van der Waals surface area contributed by atoms with Crippen molar-refractivity contribution in [1.29, 1.82) is 0 Å². The summed E-state index contributed by atoms with van der Waals surface area (Å²) in [5.74, 6) is -3.08. The molecule has 0 amide bonds. The molecule has 10 heteroatoms. The molecule has 5 rings (SSSR count). The van der Waals surface area contributed by atoms with Crippen molar-refractivity contribution in [1.82, 2.24) is 19.7 Å². The molecule has 1 aliphatic rings. The number of hydrogen-bond acceptors (Lipinski definition) is 4. The zero-order valence-corrected chi connectivity index (χ0v) is 20.1. The molecule has 1 fully saturated rings. The number of halogens is 4. The summed E-state index contributed by atoms with van der Waals surface area (Å²) in [5.41, 5.74) is 2.49. The molecule has 2 N–H and O–H groups in total. The Morgan fingerprint density at radius 1 is 1.25 bits per heavy atom. The van der Waals surface area contributed by atoms with Gasteiger partial charge in [0, 0.05) is 50.2 Å². The van der Waals surface area contributed by atoms with Crippen molar-refractivity contribution in [2.24, 2.45) is 0 Å². The molecule has 1 atom stereocenters. The number of nitrogens with one attached hydrogen (secondary N) is 1. The quantitative estimate of drug-likeness (QED) is 0.294. The van der Waals surface area contributed by atoms with E-state index in [1.54, 1.807) is 18.5 Å². The topological polar surface area (TPSA) is 76.0 Å². The van der Waals surface area contributed by atoms with Crippen LogP contribution in [0.2, 0.25) is 5.02 Å². The number of H-pyrrole nitrogens is 1. The summed E-state index contributed by atoms with van der Waals surface area (Å²) >= 11 is 6.18. The van der Waals surface area contributed by atoms with E-state index >= 15 is 0 Å². The van der Waals surface area contributed by atoms with Crippen molar-refractivity contribution in [2.75, 3.05) is 0 Å². The zero-order valence-electron chi connectivity index (χ0n) is 22.3.